The molecule has 1 amide bonds. The van der Waals surface area contributed by atoms with E-state index in [9.17, 15) is 28.2 Å². The SMILES string of the molecule is C.CC(C(=O)N(CO)c1ccc(C(N)=S)c(C(F)(F)F)c1)C(C)C1(C)CC(O)C(C)(C)O1. The molecule has 0 aliphatic carbocycles. The summed E-state index contributed by atoms with van der Waals surface area (Å²) < 4.78 is 46.5. The second kappa shape index (κ2) is 9.62. The summed E-state index contributed by atoms with van der Waals surface area (Å²) in [5.74, 6) is -1.69. The average Bonchev–Trinajstić information content (AvgIpc) is 2.87. The highest BCUT2D eigenvalue weighted by molar-refractivity contribution is 7.80. The molecular formula is C22H33F3N2O4S. The van der Waals surface area contributed by atoms with E-state index in [1.807, 2.05) is 0 Å². The number of ether oxygens (including phenoxy) is 1. The van der Waals surface area contributed by atoms with Crippen molar-refractivity contribution in [1.82, 2.24) is 0 Å². The number of amides is 1. The number of aliphatic hydroxyl groups is 2. The van der Waals surface area contributed by atoms with Crippen LogP contribution in [-0.2, 0) is 15.7 Å². The van der Waals surface area contributed by atoms with Gasteiger partial charge in [0.05, 0.1) is 22.9 Å². The largest absolute Gasteiger partial charge is 0.417 e. The molecule has 10 heteroatoms. The van der Waals surface area contributed by atoms with Gasteiger partial charge >= 0.3 is 6.18 Å². The summed E-state index contributed by atoms with van der Waals surface area (Å²) >= 11 is 4.70. The molecule has 4 N–H and O–H groups in total. The predicted molar refractivity (Wildman–Crippen MR) is 121 cm³/mol. The summed E-state index contributed by atoms with van der Waals surface area (Å²) in [6.45, 7) is 7.89. The van der Waals surface area contributed by atoms with Gasteiger partial charge in [0.1, 0.15) is 11.7 Å². The molecule has 0 saturated carbocycles. The molecule has 6 nitrogen and oxygen atoms in total. The summed E-state index contributed by atoms with van der Waals surface area (Å²) in [4.78, 5) is 13.6. The maximum atomic E-state index is 13.5. The van der Waals surface area contributed by atoms with Crippen LogP contribution in [0.3, 0.4) is 0 Å². The van der Waals surface area contributed by atoms with Crippen LogP contribution in [0.15, 0.2) is 18.2 Å². The lowest BCUT2D eigenvalue weighted by molar-refractivity contribution is -0.141. The van der Waals surface area contributed by atoms with Crippen molar-refractivity contribution in [3.8, 4) is 0 Å². The van der Waals surface area contributed by atoms with E-state index in [0.717, 1.165) is 17.0 Å². The van der Waals surface area contributed by atoms with Crippen molar-refractivity contribution >= 4 is 28.8 Å². The fourth-order valence-electron chi connectivity index (χ4n) is 4.04. The highest BCUT2D eigenvalue weighted by Gasteiger charge is 2.52. The zero-order chi connectivity index (χ0) is 23.9. The molecule has 0 radical (unpaired) electrons. The van der Waals surface area contributed by atoms with Crippen molar-refractivity contribution in [2.45, 2.75) is 71.9 Å². The Bertz CT molecular complexity index is 862. The normalized spacial score (nSPS) is 24.4. The van der Waals surface area contributed by atoms with Gasteiger partial charge in [0.25, 0.3) is 0 Å². The average molecular weight is 479 g/mol. The molecule has 1 aromatic carbocycles. The van der Waals surface area contributed by atoms with Gasteiger partial charge < -0.3 is 20.7 Å². The van der Waals surface area contributed by atoms with E-state index in [-0.39, 0.29) is 18.7 Å². The maximum Gasteiger partial charge on any atom is 0.417 e. The molecule has 4 atom stereocenters. The fourth-order valence-corrected chi connectivity index (χ4v) is 4.21. The van der Waals surface area contributed by atoms with Crippen molar-refractivity contribution in [1.29, 1.82) is 0 Å². The minimum Gasteiger partial charge on any atom is -0.390 e. The lowest BCUT2D eigenvalue weighted by Crippen LogP contribution is -2.45. The lowest BCUT2D eigenvalue weighted by atomic mass is 9.78. The van der Waals surface area contributed by atoms with Gasteiger partial charge in [-0.05, 0) is 44.9 Å². The van der Waals surface area contributed by atoms with Gasteiger partial charge in [0.2, 0.25) is 5.91 Å². The van der Waals surface area contributed by atoms with E-state index in [2.05, 4.69) is 0 Å². The molecule has 0 aromatic heterocycles. The van der Waals surface area contributed by atoms with Crippen molar-refractivity contribution in [3.05, 3.63) is 29.3 Å². The van der Waals surface area contributed by atoms with Gasteiger partial charge in [0, 0.05) is 23.6 Å². The van der Waals surface area contributed by atoms with Gasteiger partial charge in [-0.1, -0.05) is 33.5 Å². The van der Waals surface area contributed by atoms with Gasteiger partial charge in [-0.25, -0.2) is 0 Å². The summed E-state index contributed by atoms with van der Waals surface area (Å²) in [5.41, 5.74) is 2.21. The molecule has 0 spiro atoms. The first-order valence-corrected chi connectivity index (χ1v) is 10.3. The van der Waals surface area contributed by atoms with E-state index >= 15 is 0 Å². The molecule has 1 heterocycles. The van der Waals surface area contributed by atoms with Gasteiger partial charge in [0.15, 0.2) is 0 Å². The Morgan fingerprint density at radius 3 is 2.31 bits per heavy atom. The molecule has 1 saturated heterocycles. The van der Waals surface area contributed by atoms with Gasteiger partial charge in [-0.3, -0.25) is 9.69 Å². The van der Waals surface area contributed by atoms with Crippen LogP contribution in [0.5, 0.6) is 0 Å². The summed E-state index contributed by atoms with van der Waals surface area (Å²) in [6, 6.07) is 3.10. The lowest BCUT2D eigenvalue weighted by Gasteiger charge is -2.37. The molecule has 1 aliphatic heterocycles. The quantitative estimate of drug-likeness (QED) is 0.425. The van der Waals surface area contributed by atoms with Crippen molar-refractivity contribution < 1.29 is 32.9 Å². The van der Waals surface area contributed by atoms with Crippen LogP contribution in [0, 0.1) is 11.8 Å². The first-order chi connectivity index (χ1) is 14.0. The van der Waals surface area contributed by atoms with Crippen LogP contribution in [-0.4, -0.2) is 45.1 Å². The molecule has 1 aromatic rings. The van der Waals surface area contributed by atoms with Gasteiger partial charge in [-0.2, -0.15) is 13.2 Å². The third kappa shape index (κ3) is 5.41. The molecule has 2 rings (SSSR count). The highest BCUT2D eigenvalue weighted by atomic mass is 32.1. The Morgan fingerprint density at radius 2 is 1.91 bits per heavy atom. The summed E-state index contributed by atoms with van der Waals surface area (Å²) in [7, 11) is 0. The monoisotopic (exact) mass is 478 g/mol. The smallest absolute Gasteiger partial charge is 0.390 e. The van der Waals surface area contributed by atoms with Crippen LogP contribution >= 0.6 is 12.2 Å². The summed E-state index contributed by atoms with van der Waals surface area (Å²) in [6.07, 6.45) is -5.16. The van der Waals surface area contributed by atoms with Crippen LogP contribution in [0.1, 0.15) is 59.6 Å². The number of halogens is 3. The molecule has 32 heavy (non-hydrogen) atoms. The summed E-state index contributed by atoms with van der Waals surface area (Å²) in [5, 5.41) is 20.1. The van der Waals surface area contributed by atoms with Crippen molar-refractivity contribution in [3.63, 3.8) is 0 Å². The van der Waals surface area contributed by atoms with Crippen LogP contribution in [0.25, 0.3) is 0 Å². The van der Waals surface area contributed by atoms with Crippen LogP contribution < -0.4 is 10.6 Å². The Labute approximate surface area is 192 Å². The van der Waals surface area contributed by atoms with E-state index in [4.69, 9.17) is 22.7 Å². The van der Waals surface area contributed by atoms with Gasteiger partial charge in [-0.15, -0.1) is 0 Å². The Hall–Kier alpha value is -1.75. The zero-order valence-corrected chi connectivity index (χ0v) is 19.0. The van der Waals surface area contributed by atoms with E-state index in [1.54, 1.807) is 34.6 Å². The molecule has 182 valence electrons. The number of anilines is 1. The number of rotatable bonds is 6. The second-order valence-corrected chi connectivity index (χ2v) is 9.25. The van der Waals surface area contributed by atoms with E-state index < -0.39 is 58.5 Å². The number of carbonyl (C=O) groups is 1. The standard InChI is InChI=1S/C21H29F3N2O4S.CH4/c1-11(12(2)20(5)9-16(28)19(3,4)30-20)18(29)26(10-27)13-6-7-14(17(25)31)15(8-13)21(22,23)24;/h6-8,11-12,16,27-28H,9-10H2,1-5H3,(H2,25,31);1H4. The maximum absolute atomic E-state index is 13.5. The van der Waals surface area contributed by atoms with E-state index in [1.165, 1.54) is 6.07 Å². The fraction of sp³-hybridized carbons (Fsp3) is 0.636. The van der Waals surface area contributed by atoms with E-state index in [0.29, 0.717) is 6.42 Å². The molecule has 4 unspecified atom stereocenters. The number of alkyl halides is 3. The molecular weight excluding hydrogens is 445 g/mol. The van der Waals surface area contributed by atoms with Crippen LogP contribution in [0.2, 0.25) is 0 Å². The number of aliphatic hydroxyl groups excluding tert-OH is 2. The number of carbonyl (C=O) groups excluding carboxylic acids is 1. The first-order valence-electron chi connectivity index (χ1n) is 9.86. The molecule has 1 fully saturated rings. The number of hydrogen-bond donors (Lipinski definition) is 3. The van der Waals surface area contributed by atoms with Crippen LogP contribution in [0.4, 0.5) is 18.9 Å². The third-order valence-corrected chi connectivity index (χ3v) is 6.51. The van der Waals surface area contributed by atoms with Crippen molar-refractivity contribution in [2.24, 2.45) is 17.6 Å². The number of hydrogen-bond acceptors (Lipinski definition) is 5. The minimum absolute atomic E-state index is 0. The molecule has 1 aliphatic rings. The number of thiocarbonyl (C=S) groups is 1. The number of benzene rings is 1. The molecule has 0 bridgehead atoms. The third-order valence-electron chi connectivity index (χ3n) is 6.29. The predicted octanol–water partition coefficient (Wildman–Crippen LogP) is 3.85. The first kappa shape index (κ1) is 28.3. The second-order valence-electron chi connectivity index (χ2n) is 8.82. The number of nitrogens with zero attached hydrogens (tertiary/aromatic N) is 1. The zero-order valence-electron chi connectivity index (χ0n) is 18.2. The minimum atomic E-state index is -4.75. The highest BCUT2D eigenvalue weighted by Crippen LogP contribution is 2.45. The van der Waals surface area contributed by atoms with Crippen molar-refractivity contribution in [2.75, 3.05) is 11.6 Å². The number of nitrogens with two attached hydrogens (primary N) is 1. The Kier molecular flexibility index (Phi) is 8.51. The topological polar surface area (TPSA) is 96.0 Å². The Balaban J connectivity index is 0.00000512. The Morgan fingerprint density at radius 1 is 1.34 bits per heavy atom.